The van der Waals surface area contributed by atoms with E-state index >= 15 is 0 Å². The van der Waals surface area contributed by atoms with Crippen LogP contribution in [0.2, 0.25) is 0 Å². The quantitative estimate of drug-likeness (QED) is 0.414. The van der Waals surface area contributed by atoms with Crippen LogP contribution in [0.15, 0.2) is 17.8 Å². The number of hydrogen-bond acceptors (Lipinski definition) is 7. The molecule has 0 radical (unpaired) electrons. The van der Waals surface area contributed by atoms with Crippen LogP contribution in [0.25, 0.3) is 0 Å². The molecule has 1 atom stereocenters. The van der Waals surface area contributed by atoms with Gasteiger partial charge in [0.1, 0.15) is 6.54 Å². The van der Waals surface area contributed by atoms with Crippen LogP contribution >= 0.6 is 11.8 Å². The number of carbonyl (C=O) groups is 2. The zero-order valence-corrected chi connectivity index (χ0v) is 11.5. The molecule has 0 aliphatic heterocycles. The number of methoxy groups -OCH3 is 1. The first-order chi connectivity index (χ1) is 9.08. The highest BCUT2D eigenvalue weighted by Gasteiger charge is 2.19. The summed E-state index contributed by atoms with van der Waals surface area (Å²) in [5.74, 6) is -0.615. The molecule has 0 aromatic carbocycles. The average molecular weight is 285 g/mol. The van der Waals surface area contributed by atoms with Crippen molar-refractivity contribution in [3.63, 3.8) is 0 Å². The van der Waals surface area contributed by atoms with Gasteiger partial charge in [0.15, 0.2) is 0 Å². The van der Waals surface area contributed by atoms with Crippen LogP contribution in [0.3, 0.4) is 0 Å². The van der Waals surface area contributed by atoms with Crippen molar-refractivity contribution in [3.05, 3.63) is 12.7 Å². The van der Waals surface area contributed by atoms with Crippen LogP contribution in [-0.4, -0.2) is 51.0 Å². The van der Waals surface area contributed by atoms with Gasteiger partial charge < -0.3 is 10.1 Å². The molecule has 0 fully saturated rings. The maximum atomic E-state index is 11.7. The summed E-state index contributed by atoms with van der Waals surface area (Å²) in [6.07, 6.45) is 1.59. The Kier molecular flexibility index (Phi) is 6.00. The third-order valence-electron chi connectivity index (χ3n) is 2.08. The Labute approximate surface area is 114 Å². The summed E-state index contributed by atoms with van der Waals surface area (Å²) < 4.78 is 5.81. The lowest BCUT2D eigenvalue weighted by Crippen LogP contribution is -2.31. The first kappa shape index (κ1) is 15.2. The van der Waals surface area contributed by atoms with Gasteiger partial charge in [-0.05, 0) is 17.4 Å². The third-order valence-corrected chi connectivity index (χ3v) is 3.15. The van der Waals surface area contributed by atoms with Gasteiger partial charge in [-0.25, -0.2) is 4.68 Å². The van der Waals surface area contributed by atoms with Crippen LogP contribution in [0, 0.1) is 0 Å². The van der Waals surface area contributed by atoms with Crippen LogP contribution in [0.5, 0.6) is 0 Å². The van der Waals surface area contributed by atoms with Gasteiger partial charge in [0.25, 0.3) is 0 Å². The highest BCUT2D eigenvalue weighted by molar-refractivity contribution is 8.00. The maximum Gasteiger partial charge on any atom is 0.327 e. The number of rotatable bonds is 7. The summed E-state index contributed by atoms with van der Waals surface area (Å²) in [6, 6.07) is 0. The number of aromatic nitrogens is 4. The normalized spacial score (nSPS) is 11.7. The van der Waals surface area contributed by atoms with Crippen LogP contribution in [0.4, 0.5) is 0 Å². The molecule has 0 saturated heterocycles. The Morgan fingerprint density at radius 1 is 1.63 bits per heavy atom. The molecule has 0 saturated carbocycles. The Hall–Kier alpha value is -1.90. The summed E-state index contributed by atoms with van der Waals surface area (Å²) >= 11 is 1.16. The molecule has 1 N–H and O–H groups in total. The van der Waals surface area contributed by atoms with E-state index in [9.17, 15) is 9.59 Å². The molecule has 9 heteroatoms. The van der Waals surface area contributed by atoms with Crippen molar-refractivity contribution in [1.29, 1.82) is 0 Å². The van der Waals surface area contributed by atoms with E-state index in [2.05, 4.69) is 32.2 Å². The second kappa shape index (κ2) is 7.52. The van der Waals surface area contributed by atoms with Gasteiger partial charge in [-0.2, -0.15) is 0 Å². The summed E-state index contributed by atoms with van der Waals surface area (Å²) in [4.78, 5) is 22.8. The predicted molar refractivity (Wildman–Crippen MR) is 68.4 cm³/mol. The topological polar surface area (TPSA) is 99.0 Å². The number of nitrogens with one attached hydrogen (secondary N) is 1. The fraction of sp³-hybridized carbons (Fsp3) is 0.500. The molecule has 1 heterocycles. The second-order valence-corrected chi connectivity index (χ2v) is 4.80. The van der Waals surface area contributed by atoms with Gasteiger partial charge in [0.2, 0.25) is 11.1 Å². The standard InChI is InChI=1S/C10H15N5O3S/c1-4-5-11-9(17)7(2)19-10-12-13-14-15(10)6-8(16)18-3/h4,7H,1,5-6H2,2-3H3,(H,11,17). The Balaban J connectivity index is 2.61. The first-order valence-electron chi connectivity index (χ1n) is 5.46. The third kappa shape index (κ3) is 4.70. The number of hydrogen-bond donors (Lipinski definition) is 1. The van der Waals surface area contributed by atoms with E-state index in [4.69, 9.17) is 0 Å². The lowest BCUT2D eigenvalue weighted by atomic mass is 10.4. The monoisotopic (exact) mass is 285 g/mol. The van der Waals surface area contributed by atoms with Crippen LogP contribution < -0.4 is 5.32 Å². The van der Waals surface area contributed by atoms with Crippen molar-refractivity contribution < 1.29 is 14.3 Å². The van der Waals surface area contributed by atoms with E-state index < -0.39 is 5.97 Å². The van der Waals surface area contributed by atoms with E-state index in [1.165, 1.54) is 11.8 Å². The fourth-order valence-corrected chi connectivity index (χ4v) is 1.91. The van der Waals surface area contributed by atoms with Crippen LogP contribution in [-0.2, 0) is 20.9 Å². The number of esters is 1. The van der Waals surface area contributed by atoms with Gasteiger partial charge in [-0.1, -0.05) is 17.8 Å². The van der Waals surface area contributed by atoms with Crippen LogP contribution in [0.1, 0.15) is 6.92 Å². The highest BCUT2D eigenvalue weighted by Crippen LogP contribution is 2.19. The molecule has 1 rings (SSSR count). The average Bonchev–Trinajstić information content (AvgIpc) is 2.82. The number of nitrogens with zero attached hydrogens (tertiary/aromatic N) is 4. The molecular weight excluding hydrogens is 270 g/mol. The molecular formula is C10H15N5O3S. The van der Waals surface area contributed by atoms with Crippen molar-refractivity contribution in [2.24, 2.45) is 0 Å². The molecule has 0 aliphatic carbocycles. The van der Waals surface area contributed by atoms with E-state index in [1.807, 2.05) is 0 Å². The van der Waals surface area contributed by atoms with E-state index in [-0.39, 0.29) is 17.7 Å². The zero-order chi connectivity index (χ0) is 14.3. The molecule has 8 nitrogen and oxygen atoms in total. The van der Waals surface area contributed by atoms with Gasteiger partial charge in [-0.3, -0.25) is 9.59 Å². The summed E-state index contributed by atoms with van der Waals surface area (Å²) in [6.45, 7) is 5.55. The number of carbonyl (C=O) groups excluding carboxylic acids is 2. The van der Waals surface area contributed by atoms with E-state index in [1.54, 1.807) is 13.0 Å². The minimum Gasteiger partial charge on any atom is -0.468 e. The van der Waals surface area contributed by atoms with Crippen molar-refractivity contribution in [3.8, 4) is 0 Å². The summed E-state index contributed by atoms with van der Waals surface area (Å²) in [7, 11) is 1.28. The molecule has 19 heavy (non-hydrogen) atoms. The number of amides is 1. The first-order valence-corrected chi connectivity index (χ1v) is 6.34. The summed E-state index contributed by atoms with van der Waals surface area (Å²) in [5, 5.41) is 13.6. The van der Waals surface area contributed by atoms with Crippen molar-refractivity contribution in [2.45, 2.75) is 23.9 Å². The Morgan fingerprint density at radius 2 is 2.37 bits per heavy atom. The van der Waals surface area contributed by atoms with E-state index in [0.29, 0.717) is 11.7 Å². The molecule has 1 amide bonds. The smallest absolute Gasteiger partial charge is 0.327 e. The number of ether oxygens (including phenoxy) is 1. The largest absolute Gasteiger partial charge is 0.468 e. The lowest BCUT2D eigenvalue weighted by Gasteiger charge is -2.10. The zero-order valence-electron chi connectivity index (χ0n) is 10.7. The highest BCUT2D eigenvalue weighted by atomic mass is 32.2. The predicted octanol–water partition coefficient (Wildman–Crippen LogP) is -0.371. The molecule has 0 aliphatic rings. The molecule has 104 valence electrons. The minimum absolute atomic E-state index is 0.0904. The fourth-order valence-electron chi connectivity index (χ4n) is 1.10. The van der Waals surface area contributed by atoms with E-state index in [0.717, 1.165) is 11.8 Å². The van der Waals surface area contributed by atoms with Crippen molar-refractivity contribution >= 4 is 23.6 Å². The lowest BCUT2D eigenvalue weighted by molar-refractivity contribution is -0.141. The summed E-state index contributed by atoms with van der Waals surface area (Å²) in [5.41, 5.74) is 0. The van der Waals surface area contributed by atoms with Gasteiger partial charge in [0.05, 0.1) is 12.4 Å². The molecule has 1 unspecified atom stereocenters. The van der Waals surface area contributed by atoms with Gasteiger partial charge in [-0.15, -0.1) is 11.7 Å². The Morgan fingerprint density at radius 3 is 3.00 bits per heavy atom. The van der Waals surface area contributed by atoms with Gasteiger partial charge in [0, 0.05) is 6.54 Å². The Bertz CT molecular complexity index is 462. The van der Waals surface area contributed by atoms with Gasteiger partial charge >= 0.3 is 5.97 Å². The molecule has 0 spiro atoms. The second-order valence-electron chi connectivity index (χ2n) is 3.49. The van der Waals surface area contributed by atoms with Crippen molar-refractivity contribution in [2.75, 3.05) is 13.7 Å². The number of tetrazole rings is 1. The molecule has 1 aromatic heterocycles. The number of thioether (sulfide) groups is 1. The SMILES string of the molecule is C=CCNC(=O)C(C)Sc1nnnn1CC(=O)OC. The maximum absolute atomic E-state index is 11.7. The minimum atomic E-state index is -0.460. The molecule has 0 bridgehead atoms. The molecule has 1 aromatic rings. The van der Waals surface area contributed by atoms with Crippen molar-refractivity contribution in [1.82, 2.24) is 25.5 Å².